The van der Waals surface area contributed by atoms with Crippen LogP contribution in [0.25, 0.3) is 0 Å². The molecule has 6 heteroatoms. The second kappa shape index (κ2) is 5.71. The number of hydrogen-bond acceptors (Lipinski definition) is 4. The quantitative estimate of drug-likeness (QED) is 0.911. The van der Waals surface area contributed by atoms with E-state index < -0.39 is 0 Å². The van der Waals surface area contributed by atoms with E-state index in [2.05, 4.69) is 26.2 Å². The Balaban J connectivity index is 2.17. The van der Waals surface area contributed by atoms with Crippen LogP contribution in [0.15, 0.2) is 41.0 Å². The number of nitrogens with zero attached hydrogens (tertiary/aromatic N) is 1. The molecule has 3 N–H and O–H groups in total. The Morgan fingerprint density at radius 1 is 1.37 bits per heavy atom. The van der Waals surface area contributed by atoms with Gasteiger partial charge >= 0.3 is 0 Å². The summed E-state index contributed by atoms with van der Waals surface area (Å²) in [7, 11) is 1.58. The zero-order valence-electron chi connectivity index (χ0n) is 10.2. The molecule has 19 heavy (non-hydrogen) atoms. The molecule has 1 aromatic carbocycles. The minimum Gasteiger partial charge on any atom is -0.496 e. The molecule has 1 amide bonds. The number of nitrogen functional groups attached to an aromatic ring is 1. The Kier molecular flexibility index (Phi) is 4.01. The zero-order chi connectivity index (χ0) is 13.8. The van der Waals surface area contributed by atoms with Crippen LogP contribution in [0.4, 0.5) is 11.4 Å². The summed E-state index contributed by atoms with van der Waals surface area (Å²) in [6.07, 6.45) is 1.49. The lowest BCUT2D eigenvalue weighted by Crippen LogP contribution is -2.13. The van der Waals surface area contributed by atoms with E-state index in [0.717, 1.165) is 4.47 Å². The lowest BCUT2D eigenvalue weighted by atomic mass is 10.2. The van der Waals surface area contributed by atoms with Gasteiger partial charge in [0.05, 0.1) is 11.6 Å². The number of methoxy groups -OCH3 is 1. The van der Waals surface area contributed by atoms with Crippen molar-refractivity contribution in [2.24, 2.45) is 0 Å². The van der Waals surface area contributed by atoms with Gasteiger partial charge in [0, 0.05) is 17.6 Å². The van der Waals surface area contributed by atoms with Gasteiger partial charge in [0.1, 0.15) is 11.4 Å². The van der Waals surface area contributed by atoms with E-state index in [1.165, 1.54) is 12.3 Å². The summed E-state index contributed by atoms with van der Waals surface area (Å²) >= 11 is 3.35. The first-order valence-corrected chi connectivity index (χ1v) is 6.26. The minimum atomic E-state index is -0.315. The number of aromatic nitrogens is 1. The molecule has 0 radical (unpaired) electrons. The van der Waals surface area contributed by atoms with Gasteiger partial charge in [-0.05, 0) is 46.3 Å². The van der Waals surface area contributed by atoms with E-state index in [1.54, 1.807) is 31.4 Å². The van der Waals surface area contributed by atoms with Crippen molar-refractivity contribution in [3.8, 4) is 5.75 Å². The minimum absolute atomic E-state index is 0.270. The average molecular weight is 322 g/mol. The summed E-state index contributed by atoms with van der Waals surface area (Å²) in [5, 5.41) is 2.74. The summed E-state index contributed by atoms with van der Waals surface area (Å²) in [6.45, 7) is 0. The van der Waals surface area contributed by atoms with Crippen LogP contribution in [0, 0.1) is 0 Å². The second-order valence-electron chi connectivity index (χ2n) is 3.78. The highest BCUT2D eigenvalue weighted by Gasteiger charge is 2.09. The number of nitrogens with two attached hydrogens (primary N) is 1. The number of ether oxygens (including phenoxy) is 1. The number of halogens is 1. The van der Waals surface area contributed by atoms with Gasteiger partial charge in [-0.3, -0.25) is 9.78 Å². The molecule has 0 aliphatic heterocycles. The molecular formula is C13H12BrN3O2. The highest BCUT2D eigenvalue weighted by atomic mass is 79.9. The number of rotatable bonds is 3. The molecule has 98 valence electrons. The summed E-state index contributed by atoms with van der Waals surface area (Å²) in [6, 6.07) is 8.40. The topological polar surface area (TPSA) is 77.2 Å². The molecule has 2 aromatic rings. The molecule has 0 fully saturated rings. The predicted molar refractivity (Wildman–Crippen MR) is 77.3 cm³/mol. The summed E-state index contributed by atoms with van der Waals surface area (Å²) in [5.74, 6) is 0.379. The van der Waals surface area contributed by atoms with E-state index in [4.69, 9.17) is 10.5 Å². The fraction of sp³-hybridized carbons (Fsp3) is 0.0769. The van der Waals surface area contributed by atoms with Crippen LogP contribution in [-0.4, -0.2) is 18.0 Å². The maximum Gasteiger partial charge on any atom is 0.274 e. The highest BCUT2D eigenvalue weighted by molar-refractivity contribution is 9.10. The molecule has 5 nitrogen and oxygen atoms in total. The number of carbonyl (C=O) groups excluding carboxylic acids is 1. The van der Waals surface area contributed by atoms with Crippen LogP contribution in [-0.2, 0) is 0 Å². The molecule has 0 saturated carbocycles. The molecule has 0 aliphatic carbocycles. The molecule has 0 atom stereocenters. The van der Waals surface area contributed by atoms with Crippen LogP contribution < -0.4 is 15.8 Å². The lowest BCUT2D eigenvalue weighted by Gasteiger charge is -2.08. The molecule has 1 aromatic heterocycles. The van der Waals surface area contributed by atoms with Crippen molar-refractivity contribution < 1.29 is 9.53 Å². The van der Waals surface area contributed by atoms with Gasteiger partial charge in [0.15, 0.2) is 0 Å². The Morgan fingerprint density at radius 3 is 2.79 bits per heavy atom. The van der Waals surface area contributed by atoms with E-state index >= 15 is 0 Å². The predicted octanol–water partition coefficient (Wildman–Crippen LogP) is 2.69. The van der Waals surface area contributed by atoms with Crippen LogP contribution in [0.2, 0.25) is 0 Å². The van der Waals surface area contributed by atoms with Crippen molar-refractivity contribution in [3.63, 3.8) is 0 Å². The Morgan fingerprint density at radius 2 is 2.16 bits per heavy atom. The summed E-state index contributed by atoms with van der Waals surface area (Å²) in [4.78, 5) is 15.9. The number of benzene rings is 1. The number of nitrogens with one attached hydrogen (secondary N) is 1. The van der Waals surface area contributed by atoms with Crippen LogP contribution in [0.1, 0.15) is 10.5 Å². The third-order valence-corrected chi connectivity index (χ3v) is 3.05. The van der Waals surface area contributed by atoms with Gasteiger partial charge in [0.2, 0.25) is 0 Å². The van der Waals surface area contributed by atoms with Crippen molar-refractivity contribution in [1.82, 2.24) is 4.98 Å². The van der Waals surface area contributed by atoms with E-state index in [9.17, 15) is 4.79 Å². The number of hydrogen-bond donors (Lipinski definition) is 2. The molecule has 0 saturated heterocycles. The smallest absolute Gasteiger partial charge is 0.274 e. The van der Waals surface area contributed by atoms with Gasteiger partial charge in [-0.1, -0.05) is 0 Å². The average Bonchev–Trinajstić information content (AvgIpc) is 2.39. The van der Waals surface area contributed by atoms with Crippen LogP contribution in [0.5, 0.6) is 5.75 Å². The summed E-state index contributed by atoms with van der Waals surface area (Å²) < 4.78 is 5.87. The van der Waals surface area contributed by atoms with E-state index in [0.29, 0.717) is 17.1 Å². The largest absolute Gasteiger partial charge is 0.496 e. The van der Waals surface area contributed by atoms with Gasteiger partial charge in [-0.25, -0.2) is 0 Å². The molecule has 2 rings (SSSR count). The van der Waals surface area contributed by atoms with E-state index in [1.807, 2.05) is 0 Å². The van der Waals surface area contributed by atoms with Gasteiger partial charge in [-0.15, -0.1) is 0 Å². The van der Waals surface area contributed by atoms with Gasteiger partial charge < -0.3 is 15.8 Å². The standard InChI is InChI=1S/C13H12BrN3O2/c1-19-12-3-2-9(7-10(12)14)17-13(18)11-6-8(15)4-5-16-11/h2-7H,1H3,(H2,15,16)(H,17,18). The first-order valence-electron chi connectivity index (χ1n) is 5.46. The Hall–Kier alpha value is -2.08. The monoisotopic (exact) mass is 321 g/mol. The molecule has 0 aliphatic rings. The summed E-state index contributed by atoms with van der Waals surface area (Å²) in [5.41, 5.74) is 7.02. The van der Waals surface area contributed by atoms with Gasteiger partial charge in [-0.2, -0.15) is 0 Å². The maximum atomic E-state index is 12.0. The highest BCUT2D eigenvalue weighted by Crippen LogP contribution is 2.27. The van der Waals surface area contributed by atoms with Gasteiger partial charge in [0.25, 0.3) is 5.91 Å². The molecular weight excluding hydrogens is 310 g/mol. The number of anilines is 2. The number of amides is 1. The lowest BCUT2D eigenvalue weighted by molar-refractivity contribution is 0.102. The Labute approximate surface area is 118 Å². The fourth-order valence-electron chi connectivity index (χ4n) is 1.51. The zero-order valence-corrected chi connectivity index (χ0v) is 11.8. The fourth-order valence-corrected chi connectivity index (χ4v) is 2.05. The van der Waals surface area contributed by atoms with Crippen molar-refractivity contribution in [2.45, 2.75) is 0 Å². The van der Waals surface area contributed by atoms with Crippen LogP contribution >= 0.6 is 15.9 Å². The van der Waals surface area contributed by atoms with Crippen molar-refractivity contribution in [3.05, 3.63) is 46.7 Å². The second-order valence-corrected chi connectivity index (χ2v) is 4.63. The first-order chi connectivity index (χ1) is 9.10. The molecule has 1 heterocycles. The third kappa shape index (κ3) is 3.23. The van der Waals surface area contributed by atoms with E-state index in [-0.39, 0.29) is 11.6 Å². The number of carbonyl (C=O) groups is 1. The SMILES string of the molecule is COc1ccc(NC(=O)c2cc(N)ccn2)cc1Br. The first kappa shape index (κ1) is 13.4. The molecule has 0 spiro atoms. The van der Waals surface area contributed by atoms with Crippen molar-refractivity contribution in [1.29, 1.82) is 0 Å². The third-order valence-electron chi connectivity index (χ3n) is 2.43. The maximum absolute atomic E-state index is 12.0. The molecule has 0 bridgehead atoms. The van der Waals surface area contributed by atoms with Crippen LogP contribution in [0.3, 0.4) is 0 Å². The normalized spacial score (nSPS) is 10.0. The molecule has 0 unspecified atom stereocenters. The Bertz CT molecular complexity index is 617. The van der Waals surface area contributed by atoms with Crippen molar-refractivity contribution in [2.75, 3.05) is 18.2 Å². The van der Waals surface area contributed by atoms with Crippen molar-refractivity contribution >= 4 is 33.2 Å². The number of pyridine rings is 1.